The number of amides is 1. The molecule has 0 spiro atoms. The number of hydrogen-bond donors (Lipinski definition) is 1. The molecule has 0 aliphatic carbocycles. The Labute approximate surface area is 273 Å². The first-order chi connectivity index (χ1) is 22.2. The quantitative estimate of drug-likeness (QED) is 0.213. The van der Waals surface area contributed by atoms with E-state index in [0.29, 0.717) is 19.2 Å². The van der Waals surface area contributed by atoms with Gasteiger partial charge >= 0.3 is 6.01 Å². The molecule has 1 saturated heterocycles. The molecule has 248 valence electrons. The molecule has 0 radical (unpaired) electrons. The highest BCUT2D eigenvalue weighted by Crippen LogP contribution is 2.36. The predicted molar refractivity (Wildman–Crippen MR) is 185 cm³/mol. The van der Waals surface area contributed by atoms with Crippen LogP contribution in [-0.2, 0) is 22.6 Å². The second kappa shape index (κ2) is 16.9. The van der Waals surface area contributed by atoms with Crippen LogP contribution in [-0.4, -0.2) is 95.5 Å². The molecular weight excluding hydrogens is 580 g/mol. The van der Waals surface area contributed by atoms with Gasteiger partial charge in [-0.1, -0.05) is 44.7 Å². The van der Waals surface area contributed by atoms with Crippen LogP contribution in [0.3, 0.4) is 0 Å². The van der Waals surface area contributed by atoms with Crippen molar-refractivity contribution in [1.82, 2.24) is 19.8 Å². The van der Waals surface area contributed by atoms with Crippen LogP contribution in [0.2, 0.25) is 0 Å². The SMILES string of the molecule is C=CC(C)=O.CCCN(CCC)c1nc(OCCCN2CCN(C(C)=O)CC2)nc2c1CCN(c1cc(O)cc3ccccc13)C2. The molecule has 46 heavy (non-hydrogen) atoms. The number of carbonyl (C=O) groups is 2. The van der Waals surface area contributed by atoms with E-state index in [1.807, 2.05) is 35.2 Å². The number of carbonyl (C=O) groups excluding carboxylic acids is 2. The molecule has 1 N–H and O–H groups in total. The number of fused-ring (bicyclic) bond motifs is 2. The van der Waals surface area contributed by atoms with Gasteiger partial charge in [-0.15, -0.1) is 0 Å². The topological polar surface area (TPSA) is 102 Å². The Morgan fingerprint density at radius 1 is 1.02 bits per heavy atom. The zero-order valence-corrected chi connectivity index (χ0v) is 28.0. The molecule has 0 atom stereocenters. The number of allylic oxidation sites excluding steroid dienone is 1. The Morgan fingerprint density at radius 2 is 1.72 bits per heavy atom. The summed E-state index contributed by atoms with van der Waals surface area (Å²) in [7, 11) is 0. The summed E-state index contributed by atoms with van der Waals surface area (Å²) in [6, 6.07) is 12.3. The van der Waals surface area contributed by atoms with Gasteiger partial charge in [0.15, 0.2) is 5.78 Å². The smallest absolute Gasteiger partial charge is 0.318 e. The van der Waals surface area contributed by atoms with E-state index in [2.05, 4.69) is 41.2 Å². The summed E-state index contributed by atoms with van der Waals surface area (Å²) >= 11 is 0. The molecule has 0 unspecified atom stereocenters. The van der Waals surface area contributed by atoms with E-state index in [1.165, 1.54) is 18.6 Å². The Morgan fingerprint density at radius 3 is 2.37 bits per heavy atom. The number of hydrogen-bond acceptors (Lipinski definition) is 9. The maximum atomic E-state index is 11.6. The van der Waals surface area contributed by atoms with Gasteiger partial charge in [0.25, 0.3) is 0 Å². The summed E-state index contributed by atoms with van der Waals surface area (Å²) in [4.78, 5) is 40.2. The van der Waals surface area contributed by atoms with Crippen molar-refractivity contribution in [3.8, 4) is 11.8 Å². The number of aromatic hydroxyl groups is 1. The first-order valence-corrected chi connectivity index (χ1v) is 16.6. The van der Waals surface area contributed by atoms with Gasteiger partial charge in [0.1, 0.15) is 11.6 Å². The van der Waals surface area contributed by atoms with E-state index in [1.54, 1.807) is 6.92 Å². The highest BCUT2D eigenvalue weighted by atomic mass is 16.5. The molecule has 0 saturated carbocycles. The number of rotatable bonds is 12. The second-order valence-corrected chi connectivity index (χ2v) is 12.0. The molecule has 1 aromatic heterocycles. The molecule has 10 nitrogen and oxygen atoms in total. The molecule has 0 bridgehead atoms. The minimum absolute atomic E-state index is 0.0185. The van der Waals surface area contributed by atoms with Crippen molar-refractivity contribution in [2.24, 2.45) is 0 Å². The summed E-state index contributed by atoms with van der Waals surface area (Å²) in [5, 5.41) is 12.6. The number of anilines is 2. The van der Waals surface area contributed by atoms with Crippen molar-refractivity contribution in [3.63, 3.8) is 0 Å². The standard InChI is InChI=1S/C32H44N6O3.C4H6O/c1-4-12-37(13-5-2)31-28-11-15-38(30-22-26(40)21-25-9-6-7-10-27(25)30)23-29(28)33-32(34-31)41-20-8-14-35-16-18-36(19-17-35)24(3)39;1-3-4(2)5/h6-7,9-10,21-22,40H,4-5,8,11-20,23H2,1-3H3;3H,1H2,2H3. The van der Waals surface area contributed by atoms with E-state index < -0.39 is 0 Å². The zero-order chi connectivity index (χ0) is 33.1. The van der Waals surface area contributed by atoms with Gasteiger partial charge in [-0.25, -0.2) is 0 Å². The van der Waals surface area contributed by atoms with Crippen LogP contribution in [0.25, 0.3) is 10.8 Å². The van der Waals surface area contributed by atoms with Crippen LogP contribution in [0.15, 0.2) is 49.1 Å². The predicted octanol–water partition coefficient (Wildman–Crippen LogP) is 5.22. The first-order valence-electron chi connectivity index (χ1n) is 16.6. The van der Waals surface area contributed by atoms with Gasteiger partial charge in [-0.2, -0.15) is 9.97 Å². The zero-order valence-electron chi connectivity index (χ0n) is 28.0. The maximum absolute atomic E-state index is 11.6. The number of phenols is 1. The van der Waals surface area contributed by atoms with Crippen molar-refractivity contribution in [2.45, 2.75) is 59.9 Å². The monoisotopic (exact) mass is 630 g/mol. The highest BCUT2D eigenvalue weighted by molar-refractivity contribution is 5.95. The van der Waals surface area contributed by atoms with Gasteiger partial charge in [-0.3, -0.25) is 14.5 Å². The van der Waals surface area contributed by atoms with E-state index in [9.17, 15) is 14.7 Å². The van der Waals surface area contributed by atoms with Crippen LogP contribution in [0.4, 0.5) is 11.5 Å². The molecule has 2 aliphatic heterocycles. The highest BCUT2D eigenvalue weighted by Gasteiger charge is 2.27. The number of benzene rings is 2. The third kappa shape index (κ3) is 9.19. The minimum atomic E-state index is 0.0185. The number of phenolic OH excluding ortho intramolecular Hbond substituents is 1. The number of aromatic nitrogens is 2. The average Bonchev–Trinajstić information content (AvgIpc) is 3.06. The third-order valence-electron chi connectivity index (χ3n) is 8.43. The van der Waals surface area contributed by atoms with Crippen LogP contribution in [0.5, 0.6) is 11.8 Å². The number of piperazine rings is 1. The summed E-state index contributed by atoms with van der Waals surface area (Å²) in [6.07, 6.45) is 5.09. The lowest BCUT2D eigenvalue weighted by Crippen LogP contribution is -2.48. The summed E-state index contributed by atoms with van der Waals surface area (Å²) < 4.78 is 6.20. The molecule has 3 heterocycles. The molecular formula is C36H50N6O4. The van der Waals surface area contributed by atoms with Gasteiger partial charge in [0.2, 0.25) is 5.91 Å². The molecule has 3 aromatic rings. The van der Waals surface area contributed by atoms with Crippen molar-refractivity contribution in [3.05, 3.63) is 60.3 Å². The fourth-order valence-corrected chi connectivity index (χ4v) is 6.06. The number of ether oxygens (including phenoxy) is 1. The Balaban J connectivity index is 0.000000892. The summed E-state index contributed by atoms with van der Waals surface area (Å²) in [6.45, 7) is 19.0. The maximum Gasteiger partial charge on any atom is 0.318 e. The second-order valence-electron chi connectivity index (χ2n) is 12.0. The number of ketones is 1. The molecule has 10 heteroatoms. The third-order valence-corrected chi connectivity index (χ3v) is 8.43. The molecule has 1 amide bonds. The largest absolute Gasteiger partial charge is 0.508 e. The molecule has 2 aromatic carbocycles. The fraction of sp³-hybridized carbons (Fsp3) is 0.500. The molecule has 5 rings (SSSR count). The minimum Gasteiger partial charge on any atom is -0.508 e. The van der Waals surface area contributed by atoms with Crippen LogP contribution >= 0.6 is 0 Å². The van der Waals surface area contributed by atoms with Crippen molar-refractivity contribution in [2.75, 3.05) is 68.8 Å². The first kappa shape index (κ1) is 34.7. The summed E-state index contributed by atoms with van der Waals surface area (Å²) in [5.74, 6) is 1.46. The van der Waals surface area contributed by atoms with Crippen molar-refractivity contribution < 1.29 is 19.4 Å². The Kier molecular flexibility index (Phi) is 12.8. The van der Waals surface area contributed by atoms with Gasteiger partial charge in [0.05, 0.1) is 18.8 Å². The lowest BCUT2D eigenvalue weighted by atomic mass is 10.0. The van der Waals surface area contributed by atoms with E-state index in [0.717, 1.165) is 106 Å². The van der Waals surface area contributed by atoms with Crippen LogP contribution in [0.1, 0.15) is 58.2 Å². The van der Waals surface area contributed by atoms with Crippen LogP contribution < -0.4 is 14.5 Å². The molecule has 1 fully saturated rings. The fourth-order valence-electron chi connectivity index (χ4n) is 6.06. The van der Waals surface area contributed by atoms with E-state index >= 15 is 0 Å². The Bertz CT molecular complexity index is 1480. The number of nitrogens with zero attached hydrogens (tertiary/aromatic N) is 6. The molecule has 2 aliphatic rings. The Hall–Kier alpha value is -4.18. The lowest BCUT2D eigenvalue weighted by Gasteiger charge is -2.34. The van der Waals surface area contributed by atoms with E-state index in [4.69, 9.17) is 14.7 Å². The van der Waals surface area contributed by atoms with Gasteiger partial charge in [0, 0.05) is 82.0 Å². The van der Waals surface area contributed by atoms with Gasteiger partial charge in [-0.05, 0) is 50.1 Å². The lowest BCUT2D eigenvalue weighted by molar-refractivity contribution is -0.130. The normalized spacial score (nSPS) is 14.7. The van der Waals surface area contributed by atoms with Crippen molar-refractivity contribution in [1.29, 1.82) is 0 Å². The average molecular weight is 631 g/mol. The van der Waals surface area contributed by atoms with Gasteiger partial charge < -0.3 is 24.5 Å². The van der Waals surface area contributed by atoms with Crippen LogP contribution in [0, 0.1) is 0 Å². The van der Waals surface area contributed by atoms with Crippen molar-refractivity contribution >= 4 is 34.0 Å². The van der Waals surface area contributed by atoms with E-state index in [-0.39, 0.29) is 17.4 Å². The summed E-state index contributed by atoms with van der Waals surface area (Å²) in [5.41, 5.74) is 3.24.